The molecule has 0 aliphatic carbocycles. The van der Waals surface area contributed by atoms with Gasteiger partial charge in [0.15, 0.2) is 0 Å². The second-order valence-electron chi connectivity index (χ2n) is 2.87. The molecule has 0 fully saturated rings. The Morgan fingerprint density at radius 2 is 1.88 bits per heavy atom. The van der Waals surface area contributed by atoms with E-state index in [0.29, 0.717) is 19.0 Å². The minimum atomic E-state index is 0.0972. The van der Waals surface area contributed by atoms with Gasteiger partial charge in [0.1, 0.15) is 0 Å². The zero-order valence-electron chi connectivity index (χ0n) is 9.06. The average molecular weight is 241 g/mol. The molecule has 0 unspecified atom stereocenters. The van der Waals surface area contributed by atoms with Crippen LogP contribution in [0.5, 0.6) is 6.01 Å². The summed E-state index contributed by atoms with van der Waals surface area (Å²) in [5.74, 6) is 0.441. The number of rotatable bonds is 6. The van der Waals surface area contributed by atoms with E-state index < -0.39 is 0 Å². The Hall–Kier alpha value is -1.62. The molecule has 0 saturated heterocycles. The largest absolute Gasteiger partial charge is 0.467 e. The molecular formula is C10H13ClN4O. The van der Waals surface area contributed by atoms with Gasteiger partial charge in [-0.05, 0) is 11.6 Å². The van der Waals surface area contributed by atoms with E-state index in [1.54, 1.807) is 12.2 Å². The average Bonchev–Trinajstić information content (AvgIpc) is 2.28. The summed E-state index contributed by atoms with van der Waals surface area (Å²) in [4.78, 5) is 13.7. The van der Waals surface area contributed by atoms with E-state index in [1.807, 2.05) is 4.90 Å². The Labute approximate surface area is 99.4 Å². The van der Waals surface area contributed by atoms with Gasteiger partial charge in [-0.1, -0.05) is 12.2 Å². The number of anilines is 1. The lowest BCUT2D eigenvalue weighted by atomic mass is 10.5. The van der Waals surface area contributed by atoms with Gasteiger partial charge in [-0.2, -0.15) is 15.0 Å². The van der Waals surface area contributed by atoms with Crippen LogP contribution in [0.4, 0.5) is 5.95 Å². The van der Waals surface area contributed by atoms with E-state index in [2.05, 4.69) is 28.1 Å². The molecule has 86 valence electrons. The highest BCUT2D eigenvalue weighted by atomic mass is 35.5. The molecule has 0 aliphatic rings. The van der Waals surface area contributed by atoms with E-state index in [4.69, 9.17) is 16.3 Å². The van der Waals surface area contributed by atoms with Gasteiger partial charge in [0.05, 0.1) is 7.11 Å². The van der Waals surface area contributed by atoms with Crippen LogP contribution in [0, 0.1) is 0 Å². The SMILES string of the molecule is C=CCN(CC=C)c1nc(Cl)nc(OC)n1. The Morgan fingerprint density at radius 3 is 2.38 bits per heavy atom. The van der Waals surface area contributed by atoms with Crippen LogP contribution < -0.4 is 9.64 Å². The molecule has 16 heavy (non-hydrogen) atoms. The molecule has 1 aromatic rings. The van der Waals surface area contributed by atoms with Crippen molar-refractivity contribution < 1.29 is 4.74 Å². The van der Waals surface area contributed by atoms with Gasteiger partial charge in [0, 0.05) is 13.1 Å². The minimum Gasteiger partial charge on any atom is -0.467 e. The van der Waals surface area contributed by atoms with Crippen molar-refractivity contribution in [3.8, 4) is 6.01 Å². The number of ether oxygens (including phenoxy) is 1. The van der Waals surface area contributed by atoms with Crippen molar-refractivity contribution in [2.24, 2.45) is 0 Å². The standard InChI is InChI=1S/C10H13ClN4O/c1-4-6-15(7-5-2)9-12-8(11)13-10(14-9)16-3/h4-5H,1-2,6-7H2,3H3. The highest BCUT2D eigenvalue weighted by molar-refractivity contribution is 6.28. The van der Waals surface area contributed by atoms with Crippen LogP contribution in [0.25, 0.3) is 0 Å². The highest BCUT2D eigenvalue weighted by Gasteiger charge is 2.10. The maximum atomic E-state index is 5.75. The fraction of sp³-hybridized carbons (Fsp3) is 0.300. The first kappa shape index (κ1) is 12.4. The van der Waals surface area contributed by atoms with Crippen molar-refractivity contribution in [3.63, 3.8) is 0 Å². The summed E-state index contributed by atoms with van der Waals surface area (Å²) in [5.41, 5.74) is 0. The van der Waals surface area contributed by atoms with E-state index in [-0.39, 0.29) is 11.3 Å². The summed E-state index contributed by atoms with van der Waals surface area (Å²) >= 11 is 5.75. The van der Waals surface area contributed by atoms with Crippen LogP contribution in [-0.2, 0) is 0 Å². The molecule has 0 amide bonds. The summed E-state index contributed by atoms with van der Waals surface area (Å²) in [7, 11) is 1.47. The van der Waals surface area contributed by atoms with Gasteiger partial charge in [-0.3, -0.25) is 0 Å². The Kier molecular flexibility index (Phi) is 4.72. The van der Waals surface area contributed by atoms with Crippen LogP contribution in [0.15, 0.2) is 25.3 Å². The minimum absolute atomic E-state index is 0.0972. The normalized spacial score (nSPS) is 9.62. The van der Waals surface area contributed by atoms with Gasteiger partial charge in [0.2, 0.25) is 11.2 Å². The number of hydrogen-bond donors (Lipinski definition) is 0. The lowest BCUT2D eigenvalue weighted by Crippen LogP contribution is -2.25. The smallest absolute Gasteiger partial charge is 0.322 e. The molecule has 1 heterocycles. The molecule has 0 N–H and O–H groups in total. The van der Waals surface area contributed by atoms with Crippen LogP contribution in [0.1, 0.15) is 0 Å². The molecule has 0 atom stereocenters. The van der Waals surface area contributed by atoms with E-state index in [0.717, 1.165) is 0 Å². The van der Waals surface area contributed by atoms with Gasteiger partial charge in [-0.25, -0.2) is 0 Å². The Balaban J connectivity index is 3.01. The van der Waals surface area contributed by atoms with Crippen LogP contribution >= 0.6 is 11.6 Å². The summed E-state index contributed by atoms with van der Waals surface area (Å²) < 4.78 is 4.92. The van der Waals surface area contributed by atoms with Gasteiger partial charge in [-0.15, -0.1) is 13.2 Å². The molecule has 0 spiro atoms. The molecule has 0 aromatic carbocycles. The third-order valence-electron chi connectivity index (χ3n) is 1.74. The quantitative estimate of drug-likeness (QED) is 0.709. The number of nitrogens with zero attached hydrogens (tertiary/aromatic N) is 4. The first-order valence-corrected chi connectivity index (χ1v) is 5.01. The molecule has 5 nitrogen and oxygen atoms in total. The fourth-order valence-electron chi connectivity index (χ4n) is 1.10. The zero-order valence-corrected chi connectivity index (χ0v) is 9.81. The van der Waals surface area contributed by atoms with Crippen molar-refractivity contribution in [2.75, 3.05) is 25.1 Å². The highest BCUT2D eigenvalue weighted by Crippen LogP contribution is 2.14. The van der Waals surface area contributed by atoms with Crippen LogP contribution in [0.3, 0.4) is 0 Å². The van der Waals surface area contributed by atoms with Crippen molar-refractivity contribution in [1.29, 1.82) is 0 Å². The molecule has 6 heteroatoms. The lowest BCUT2D eigenvalue weighted by Gasteiger charge is -2.18. The van der Waals surface area contributed by atoms with Crippen molar-refractivity contribution >= 4 is 17.5 Å². The zero-order chi connectivity index (χ0) is 12.0. The van der Waals surface area contributed by atoms with E-state index in [1.165, 1.54) is 7.11 Å². The second-order valence-corrected chi connectivity index (χ2v) is 3.21. The van der Waals surface area contributed by atoms with Gasteiger partial charge < -0.3 is 9.64 Å². The van der Waals surface area contributed by atoms with Crippen molar-refractivity contribution in [1.82, 2.24) is 15.0 Å². The second kappa shape index (κ2) is 6.07. The summed E-state index contributed by atoms with van der Waals surface area (Å²) in [6, 6.07) is 0.188. The predicted octanol–water partition coefficient (Wildman–Crippen LogP) is 1.71. The third kappa shape index (κ3) is 3.20. The van der Waals surface area contributed by atoms with Crippen LogP contribution in [-0.4, -0.2) is 35.2 Å². The van der Waals surface area contributed by atoms with Crippen LogP contribution in [0.2, 0.25) is 5.28 Å². The number of hydrogen-bond acceptors (Lipinski definition) is 5. The fourth-order valence-corrected chi connectivity index (χ4v) is 1.25. The lowest BCUT2D eigenvalue weighted by molar-refractivity contribution is 0.378. The van der Waals surface area contributed by atoms with Crippen molar-refractivity contribution in [2.45, 2.75) is 0 Å². The summed E-state index contributed by atoms with van der Waals surface area (Å²) in [5, 5.41) is 0.0972. The molecular weight excluding hydrogens is 228 g/mol. The molecule has 0 aliphatic heterocycles. The molecule has 0 saturated carbocycles. The number of aromatic nitrogens is 3. The number of methoxy groups -OCH3 is 1. The third-order valence-corrected chi connectivity index (χ3v) is 1.91. The van der Waals surface area contributed by atoms with E-state index in [9.17, 15) is 0 Å². The molecule has 1 rings (SSSR count). The summed E-state index contributed by atoms with van der Waals surface area (Å²) in [6.07, 6.45) is 3.49. The van der Waals surface area contributed by atoms with E-state index >= 15 is 0 Å². The molecule has 0 bridgehead atoms. The maximum absolute atomic E-state index is 5.75. The topological polar surface area (TPSA) is 51.1 Å². The van der Waals surface area contributed by atoms with Gasteiger partial charge in [0.25, 0.3) is 0 Å². The predicted molar refractivity (Wildman–Crippen MR) is 64.0 cm³/mol. The monoisotopic (exact) mass is 240 g/mol. The first-order valence-electron chi connectivity index (χ1n) is 4.63. The Morgan fingerprint density at radius 1 is 1.25 bits per heavy atom. The molecule has 0 radical (unpaired) electrons. The number of halogens is 1. The molecule has 1 aromatic heterocycles. The first-order chi connectivity index (χ1) is 7.71. The maximum Gasteiger partial charge on any atom is 0.322 e. The Bertz CT molecular complexity index is 373. The van der Waals surface area contributed by atoms with Gasteiger partial charge >= 0.3 is 6.01 Å². The summed E-state index contributed by atoms with van der Waals surface area (Å²) in [6.45, 7) is 8.51. The van der Waals surface area contributed by atoms with Crippen molar-refractivity contribution in [3.05, 3.63) is 30.6 Å².